The number of nitrogens with one attached hydrogen (secondary N) is 1. The van der Waals surface area contributed by atoms with Crippen LogP contribution in [0.5, 0.6) is 11.5 Å². The molecule has 100 valence electrons. The van der Waals surface area contributed by atoms with Crippen LogP contribution in [0.1, 0.15) is 11.1 Å². The first-order valence-corrected chi connectivity index (χ1v) is 6.40. The number of benzene rings is 2. The van der Waals surface area contributed by atoms with Crippen molar-refractivity contribution in [1.29, 1.82) is 5.26 Å². The SMILES string of the molecule is N#CC1(NCc2ccccc2)COc2cc(O)ccc21. The molecule has 0 bridgehead atoms. The fourth-order valence-electron chi connectivity index (χ4n) is 2.37. The van der Waals surface area contributed by atoms with E-state index in [1.165, 1.54) is 0 Å². The summed E-state index contributed by atoms with van der Waals surface area (Å²) in [4.78, 5) is 0. The molecule has 2 aromatic rings. The van der Waals surface area contributed by atoms with Crippen LogP contribution in [-0.2, 0) is 12.1 Å². The van der Waals surface area contributed by atoms with E-state index < -0.39 is 5.54 Å². The number of aromatic hydroxyl groups is 1. The molecule has 0 saturated carbocycles. The Morgan fingerprint density at radius 3 is 2.80 bits per heavy atom. The molecule has 1 atom stereocenters. The lowest BCUT2D eigenvalue weighted by Crippen LogP contribution is -2.42. The summed E-state index contributed by atoms with van der Waals surface area (Å²) in [5, 5.41) is 22.3. The van der Waals surface area contributed by atoms with Crippen LogP contribution in [0.25, 0.3) is 0 Å². The molecule has 2 N–H and O–H groups in total. The number of ether oxygens (including phenoxy) is 1. The van der Waals surface area contributed by atoms with Gasteiger partial charge in [0.2, 0.25) is 0 Å². The van der Waals surface area contributed by atoms with Crippen LogP contribution in [0.2, 0.25) is 0 Å². The van der Waals surface area contributed by atoms with Gasteiger partial charge < -0.3 is 9.84 Å². The number of nitrogens with zero attached hydrogens (tertiary/aromatic N) is 1. The second-order valence-electron chi connectivity index (χ2n) is 4.83. The number of hydrogen-bond acceptors (Lipinski definition) is 4. The predicted octanol–water partition coefficient (Wildman–Crippen LogP) is 2.29. The number of phenolic OH excluding ortho intramolecular Hbond substituents is 1. The van der Waals surface area contributed by atoms with Gasteiger partial charge in [0.1, 0.15) is 18.1 Å². The first kappa shape index (κ1) is 12.5. The Kier molecular flexibility index (Phi) is 3.05. The highest BCUT2D eigenvalue weighted by atomic mass is 16.5. The predicted molar refractivity (Wildman–Crippen MR) is 74.2 cm³/mol. The van der Waals surface area contributed by atoms with E-state index in [4.69, 9.17) is 4.74 Å². The standard InChI is InChI=1S/C16H14N2O2/c17-10-16(18-9-12-4-2-1-3-5-12)11-20-15-8-13(19)6-7-14(15)16/h1-8,18-19H,9,11H2. The lowest BCUT2D eigenvalue weighted by Gasteiger charge is -2.21. The molecule has 1 aliphatic rings. The highest BCUT2D eigenvalue weighted by Crippen LogP contribution is 2.38. The smallest absolute Gasteiger partial charge is 0.170 e. The molecule has 2 aromatic carbocycles. The van der Waals surface area contributed by atoms with Gasteiger partial charge in [-0.15, -0.1) is 0 Å². The van der Waals surface area contributed by atoms with E-state index in [2.05, 4.69) is 11.4 Å². The molecular formula is C16H14N2O2. The molecule has 1 heterocycles. The molecule has 20 heavy (non-hydrogen) atoms. The van der Waals surface area contributed by atoms with Crippen LogP contribution in [-0.4, -0.2) is 11.7 Å². The van der Waals surface area contributed by atoms with Crippen molar-refractivity contribution in [3.63, 3.8) is 0 Å². The molecule has 1 aliphatic heterocycles. The zero-order valence-electron chi connectivity index (χ0n) is 10.8. The highest BCUT2D eigenvalue weighted by molar-refractivity contribution is 5.50. The second kappa shape index (κ2) is 4.87. The lowest BCUT2D eigenvalue weighted by molar-refractivity contribution is 0.269. The highest BCUT2D eigenvalue weighted by Gasteiger charge is 2.41. The fourth-order valence-corrected chi connectivity index (χ4v) is 2.37. The molecular weight excluding hydrogens is 252 g/mol. The lowest BCUT2D eigenvalue weighted by atomic mass is 9.93. The quantitative estimate of drug-likeness (QED) is 0.894. The molecule has 0 fully saturated rings. The van der Waals surface area contributed by atoms with Crippen molar-refractivity contribution in [3.05, 3.63) is 59.7 Å². The van der Waals surface area contributed by atoms with Gasteiger partial charge in [-0.25, -0.2) is 0 Å². The summed E-state index contributed by atoms with van der Waals surface area (Å²) in [5.74, 6) is 0.702. The van der Waals surface area contributed by atoms with Gasteiger partial charge in [0, 0.05) is 18.2 Å². The summed E-state index contributed by atoms with van der Waals surface area (Å²) in [6.07, 6.45) is 0. The van der Waals surface area contributed by atoms with Gasteiger partial charge >= 0.3 is 0 Å². The van der Waals surface area contributed by atoms with Gasteiger partial charge in [-0.05, 0) is 17.7 Å². The maximum absolute atomic E-state index is 9.56. The maximum Gasteiger partial charge on any atom is 0.170 e. The summed E-state index contributed by atoms with van der Waals surface area (Å²) in [7, 11) is 0. The monoisotopic (exact) mass is 266 g/mol. The van der Waals surface area contributed by atoms with E-state index in [1.54, 1.807) is 18.2 Å². The molecule has 0 spiro atoms. The van der Waals surface area contributed by atoms with Crippen LogP contribution < -0.4 is 10.1 Å². The summed E-state index contributed by atoms with van der Waals surface area (Å²) in [6.45, 7) is 0.827. The Labute approximate surface area is 117 Å². The van der Waals surface area contributed by atoms with Crippen LogP contribution in [0, 0.1) is 11.3 Å². The van der Waals surface area contributed by atoms with Gasteiger partial charge in [-0.3, -0.25) is 5.32 Å². The molecule has 0 aliphatic carbocycles. The average molecular weight is 266 g/mol. The van der Waals surface area contributed by atoms with Gasteiger partial charge in [-0.2, -0.15) is 5.26 Å². The Morgan fingerprint density at radius 1 is 1.25 bits per heavy atom. The maximum atomic E-state index is 9.56. The molecule has 1 unspecified atom stereocenters. The Hall–Kier alpha value is -2.51. The van der Waals surface area contributed by atoms with Crippen molar-refractivity contribution in [2.24, 2.45) is 0 Å². The average Bonchev–Trinajstić information content (AvgIpc) is 2.85. The molecule has 3 rings (SSSR count). The summed E-state index contributed by atoms with van der Waals surface area (Å²) < 4.78 is 5.53. The summed E-state index contributed by atoms with van der Waals surface area (Å²) in [5.41, 5.74) is 1.02. The number of nitriles is 1. The van der Waals surface area contributed by atoms with E-state index in [0.29, 0.717) is 12.3 Å². The van der Waals surface area contributed by atoms with Gasteiger partial charge in [0.15, 0.2) is 5.54 Å². The minimum Gasteiger partial charge on any atom is -0.508 e. The van der Waals surface area contributed by atoms with Crippen LogP contribution in [0.15, 0.2) is 48.5 Å². The largest absolute Gasteiger partial charge is 0.508 e. The van der Waals surface area contributed by atoms with E-state index in [9.17, 15) is 10.4 Å². The van der Waals surface area contributed by atoms with Crippen molar-refractivity contribution in [2.45, 2.75) is 12.1 Å². The van der Waals surface area contributed by atoms with Gasteiger partial charge in [0.25, 0.3) is 0 Å². The van der Waals surface area contributed by atoms with Crippen LogP contribution in [0.3, 0.4) is 0 Å². The minimum atomic E-state index is -0.862. The Bertz CT molecular complexity index is 664. The van der Waals surface area contributed by atoms with Crippen molar-refractivity contribution < 1.29 is 9.84 Å². The summed E-state index contributed by atoms with van der Waals surface area (Å²) >= 11 is 0. The molecule has 0 aromatic heterocycles. The van der Waals surface area contributed by atoms with Crippen LogP contribution in [0.4, 0.5) is 0 Å². The Morgan fingerprint density at radius 2 is 2.05 bits per heavy atom. The molecule has 0 saturated heterocycles. The third-order valence-corrected chi connectivity index (χ3v) is 3.50. The zero-order chi connectivity index (χ0) is 14.0. The number of rotatable bonds is 3. The third kappa shape index (κ3) is 2.09. The Balaban J connectivity index is 1.86. The molecule has 0 amide bonds. The molecule has 4 nitrogen and oxygen atoms in total. The van der Waals surface area contributed by atoms with Crippen molar-refractivity contribution in [2.75, 3.05) is 6.61 Å². The zero-order valence-corrected chi connectivity index (χ0v) is 10.8. The van der Waals surface area contributed by atoms with E-state index in [1.807, 2.05) is 30.3 Å². The first-order valence-electron chi connectivity index (χ1n) is 6.40. The number of hydrogen-bond donors (Lipinski definition) is 2. The van der Waals surface area contributed by atoms with Gasteiger partial charge in [-0.1, -0.05) is 30.3 Å². The van der Waals surface area contributed by atoms with E-state index in [0.717, 1.165) is 11.1 Å². The molecule has 4 heteroatoms. The van der Waals surface area contributed by atoms with Gasteiger partial charge in [0.05, 0.1) is 6.07 Å². The van der Waals surface area contributed by atoms with Crippen molar-refractivity contribution in [1.82, 2.24) is 5.32 Å². The molecule has 0 radical (unpaired) electrons. The van der Waals surface area contributed by atoms with Crippen molar-refractivity contribution >= 4 is 0 Å². The topological polar surface area (TPSA) is 65.3 Å². The second-order valence-corrected chi connectivity index (χ2v) is 4.83. The third-order valence-electron chi connectivity index (χ3n) is 3.50. The van der Waals surface area contributed by atoms with Crippen molar-refractivity contribution in [3.8, 4) is 17.6 Å². The van der Waals surface area contributed by atoms with E-state index in [-0.39, 0.29) is 12.4 Å². The van der Waals surface area contributed by atoms with E-state index >= 15 is 0 Å². The van der Waals surface area contributed by atoms with Crippen LogP contribution >= 0.6 is 0 Å². The minimum absolute atomic E-state index is 0.139. The normalized spacial score (nSPS) is 19.9. The number of fused-ring (bicyclic) bond motifs is 1. The summed E-state index contributed by atoms with van der Waals surface area (Å²) in [6, 6.07) is 17.1. The fraction of sp³-hybridized carbons (Fsp3) is 0.188. The number of phenols is 1. The first-order chi connectivity index (χ1) is 9.73.